The highest BCUT2D eigenvalue weighted by atomic mass is 16.6. The third kappa shape index (κ3) is 4.23. The van der Waals surface area contributed by atoms with Crippen LogP contribution < -0.4 is 10.1 Å². The van der Waals surface area contributed by atoms with Crippen LogP contribution in [0, 0.1) is 10.1 Å². The van der Waals surface area contributed by atoms with Gasteiger partial charge in [0.1, 0.15) is 0 Å². The average molecular weight is 292 g/mol. The lowest BCUT2D eigenvalue weighted by Crippen LogP contribution is -2.14. The first-order valence-corrected chi connectivity index (χ1v) is 6.06. The summed E-state index contributed by atoms with van der Waals surface area (Å²) in [6, 6.07) is 6.07. The van der Waals surface area contributed by atoms with E-state index in [4.69, 9.17) is 4.74 Å². The molecule has 0 bridgehead atoms. The van der Waals surface area contributed by atoms with Gasteiger partial charge in [0.2, 0.25) is 5.91 Å². The van der Waals surface area contributed by atoms with Crippen LogP contribution in [-0.2, 0) is 4.79 Å². The summed E-state index contributed by atoms with van der Waals surface area (Å²) in [7, 11) is 0. The third-order valence-corrected chi connectivity index (χ3v) is 2.46. The van der Waals surface area contributed by atoms with Crippen molar-refractivity contribution in [3.8, 4) is 5.75 Å². The number of nitro benzene ring substituents is 1. The number of nitrogens with zero attached hydrogens (tertiary/aromatic N) is 4. The molecule has 2 N–H and O–H groups in total. The molecule has 0 aliphatic rings. The van der Waals surface area contributed by atoms with Gasteiger partial charge in [-0.3, -0.25) is 20.2 Å². The van der Waals surface area contributed by atoms with Gasteiger partial charge in [-0.1, -0.05) is 17.2 Å². The maximum Gasteiger partial charge on any atom is 0.310 e. The molecule has 0 radical (unpaired) electrons. The molecule has 10 heteroatoms. The molecule has 110 valence electrons. The number of H-pyrrole nitrogens is 1. The molecule has 0 fully saturated rings. The lowest BCUT2D eigenvalue weighted by molar-refractivity contribution is -0.385. The SMILES string of the molecule is O=C(CCCOc1ccccc1[N+](=O)[O-])Nc1nn[nH]n1. The lowest BCUT2D eigenvalue weighted by Gasteiger charge is -2.06. The van der Waals surface area contributed by atoms with Crippen LogP contribution in [0.1, 0.15) is 12.8 Å². The number of aromatic nitrogens is 4. The van der Waals surface area contributed by atoms with E-state index >= 15 is 0 Å². The largest absolute Gasteiger partial charge is 0.487 e. The van der Waals surface area contributed by atoms with Crippen molar-refractivity contribution in [2.45, 2.75) is 12.8 Å². The summed E-state index contributed by atoms with van der Waals surface area (Å²) in [4.78, 5) is 21.8. The fraction of sp³-hybridized carbons (Fsp3) is 0.273. The number of nitrogens with one attached hydrogen (secondary N) is 2. The van der Waals surface area contributed by atoms with Gasteiger partial charge < -0.3 is 4.74 Å². The topological polar surface area (TPSA) is 136 Å². The number of amides is 1. The number of aromatic amines is 1. The van der Waals surface area contributed by atoms with Crippen LogP contribution in [0.15, 0.2) is 24.3 Å². The van der Waals surface area contributed by atoms with Crippen LogP contribution in [-0.4, -0.2) is 38.1 Å². The zero-order valence-electron chi connectivity index (χ0n) is 10.9. The number of carbonyl (C=O) groups excluding carboxylic acids is 1. The van der Waals surface area contributed by atoms with Gasteiger partial charge in [-0.2, -0.15) is 5.21 Å². The van der Waals surface area contributed by atoms with Crippen molar-refractivity contribution in [2.75, 3.05) is 11.9 Å². The van der Waals surface area contributed by atoms with Crippen LogP contribution in [0.2, 0.25) is 0 Å². The minimum absolute atomic E-state index is 0.0969. The van der Waals surface area contributed by atoms with Crippen molar-refractivity contribution in [1.29, 1.82) is 0 Å². The normalized spacial score (nSPS) is 10.1. The molecule has 0 aliphatic carbocycles. The van der Waals surface area contributed by atoms with Crippen molar-refractivity contribution < 1.29 is 14.5 Å². The second-order valence-corrected chi connectivity index (χ2v) is 3.96. The molecule has 2 rings (SSSR count). The van der Waals surface area contributed by atoms with Gasteiger partial charge >= 0.3 is 5.69 Å². The van der Waals surface area contributed by atoms with Gasteiger partial charge in [-0.15, -0.1) is 5.10 Å². The number of anilines is 1. The predicted molar refractivity (Wildman–Crippen MR) is 70.6 cm³/mol. The van der Waals surface area contributed by atoms with E-state index in [0.29, 0.717) is 6.42 Å². The van der Waals surface area contributed by atoms with Gasteiger partial charge in [-0.25, -0.2) is 0 Å². The van der Waals surface area contributed by atoms with Gasteiger partial charge in [0, 0.05) is 12.5 Å². The molecule has 0 aliphatic heterocycles. The van der Waals surface area contributed by atoms with Crippen molar-refractivity contribution in [3.63, 3.8) is 0 Å². The average Bonchev–Trinajstić information content (AvgIpc) is 2.96. The van der Waals surface area contributed by atoms with E-state index in [1.54, 1.807) is 12.1 Å². The molecule has 21 heavy (non-hydrogen) atoms. The number of nitro groups is 1. The minimum atomic E-state index is -0.516. The molecule has 1 aromatic carbocycles. The highest BCUT2D eigenvalue weighted by Crippen LogP contribution is 2.25. The Hall–Kier alpha value is -3.04. The minimum Gasteiger partial charge on any atom is -0.487 e. The van der Waals surface area contributed by atoms with Crippen molar-refractivity contribution in [1.82, 2.24) is 20.6 Å². The Morgan fingerprint density at radius 1 is 1.43 bits per heavy atom. The van der Waals surface area contributed by atoms with Crippen LogP contribution in [0.3, 0.4) is 0 Å². The molecule has 1 aromatic heterocycles. The Balaban J connectivity index is 1.75. The fourth-order valence-corrected chi connectivity index (χ4v) is 1.55. The van der Waals surface area contributed by atoms with Crippen LogP contribution in [0.4, 0.5) is 11.6 Å². The summed E-state index contributed by atoms with van der Waals surface area (Å²) in [5.41, 5.74) is -0.103. The molecule has 2 aromatic rings. The number of ether oxygens (including phenoxy) is 1. The molecule has 1 amide bonds. The molecule has 0 saturated heterocycles. The van der Waals surface area contributed by atoms with E-state index in [9.17, 15) is 14.9 Å². The first-order valence-electron chi connectivity index (χ1n) is 6.06. The van der Waals surface area contributed by atoms with E-state index in [-0.39, 0.29) is 36.3 Å². The Bertz CT molecular complexity index is 615. The standard InChI is InChI=1S/C11H12N6O4/c18-10(12-11-13-15-16-14-11)6-3-7-21-9-5-2-1-4-8(9)17(19)20/h1-2,4-5H,3,6-7H2,(H2,12,13,14,15,16,18). The number of tetrazole rings is 1. The molecule has 0 saturated carbocycles. The molecular formula is C11H12N6O4. The monoisotopic (exact) mass is 292 g/mol. The second kappa shape index (κ2) is 6.93. The van der Waals surface area contributed by atoms with Crippen molar-refractivity contribution in [3.05, 3.63) is 34.4 Å². The van der Waals surface area contributed by atoms with Crippen LogP contribution in [0.25, 0.3) is 0 Å². The summed E-state index contributed by atoms with van der Waals surface area (Å²) in [5, 5.41) is 25.9. The second-order valence-electron chi connectivity index (χ2n) is 3.96. The van der Waals surface area contributed by atoms with Crippen LogP contribution in [0.5, 0.6) is 5.75 Å². The van der Waals surface area contributed by atoms with Crippen LogP contribution >= 0.6 is 0 Å². The number of para-hydroxylation sites is 2. The summed E-state index contributed by atoms with van der Waals surface area (Å²) >= 11 is 0. The third-order valence-electron chi connectivity index (χ3n) is 2.46. The molecule has 0 spiro atoms. The van der Waals surface area contributed by atoms with E-state index < -0.39 is 4.92 Å². The number of hydrogen-bond donors (Lipinski definition) is 2. The molecule has 1 heterocycles. The zero-order valence-corrected chi connectivity index (χ0v) is 10.9. The Morgan fingerprint density at radius 2 is 2.24 bits per heavy atom. The van der Waals surface area contributed by atoms with Crippen molar-refractivity contribution >= 4 is 17.5 Å². The number of rotatable bonds is 7. The van der Waals surface area contributed by atoms with Crippen molar-refractivity contribution in [2.24, 2.45) is 0 Å². The van der Waals surface area contributed by atoms with Gasteiger partial charge in [0.05, 0.1) is 11.5 Å². The molecular weight excluding hydrogens is 280 g/mol. The summed E-state index contributed by atoms with van der Waals surface area (Å²) in [6.45, 7) is 0.185. The summed E-state index contributed by atoms with van der Waals surface area (Å²) in [6.07, 6.45) is 0.574. The van der Waals surface area contributed by atoms with E-state index in [1.807, 2.05) is 0 Å². The Morgan fingerprint density at radius 3 is 2.95 bits per heavy atom. The maximum absolute atomic E-state index is 11.5. The fourth-order valence-electron chi connectivity index (χ4n) is 1.55. The molecule has 0 unspecified atom stereocenters. The van der Waals surface area contributed by atoms with Gasteiger partial charge in [0.15, 0.2) is 5.75 Å². The molecule has 10 nitrogen and oxygen atoms in total. The predicted octanol–water partition coefficient (Wildman–Crippen LogP) is 0.906. The van der Waals surface area contributed by atoms with E-state index in [1.165, 1.54) is 12.1 Å². The lowest BCUT2D eigenvalue weighted by atomic mass is 10.3. The number of hydrogen-bond acceptors (Lipinski definition) is 7. The highest BCUT2D eigenvalue weighted by molar-refractivity contribution is 5.88. The Kier molecular flexibility index (Phi) is 4.75. The number of carbonyl (C=O) groups is 1. The smallest absolute Gasteiger partial charge is 0.310 e. The number of benzene rings is 1. The van der Waals surface area contributed by atoms with Gasteiger partial charge in [-0.05, 0) is 17.7 Å². The summed E-state index contributed by atoms with van der Waals surface area (Å²) < 4.78 is 5.31. The van der Waals surface area contributed by atoms with E-state index in [0.717, 1.165) is 0 Å². The first kappa shape index (κ1) is 14.4. The maximum atomic E-state index is 11.5. The molecule has 0 atom stereocenters. The quantitative estimate of drug-likeness (QED) is 0.439. The zero-order chi connectivity index (χ0) is 15.1. The van der Waals surface area contributed by atoms with Gasteiger partial charge in [0.25, 0.3) is 5.95 Å². The Labute approximate surface area is 118 Å². The highest BCUT2D eigenvalue weighted by Gasteiger charge is 2.13. The first-order chi connectivity index (χ1) is 10.2. The van der Waals surface area contributed by atoms with E-state index in [2.05, 4.69) is 25.9 Å². The summed E-state index contributed by atoms with van der Waals surface area (Å²) in [5.74, 6) is -0.0109.